The third kappa shape index (κ3) is 3.69. The zero-order valence-corrected chi connectivity index (χ0v) is 22.6. The maximum Gasteiger partial charge on any atom is 0.0547 e. The lowest BCUT2D eigenvalue weighted by atomic mass is 9.98. The van der Waals surface area contributed by atoms with Crippen molar-refractivity contribution >= 4 is 70.1 Å². The molecule has 7 aromatic carbocycles. The number of para-hydroxylation sites is 1. The van der Waals surface area contributed by atoms with E-state index < -0.39 is 0 Å². The van der Waals surface area contributed by atoms with Gasteiger partial charge >= 0.3 is 0 Å². The summed E-state index contributed by atoms with van der Waals surface area (Å²) >= 11 is 1.89. The van der Waals surface area contributed by atoms with Crippen molar-refractivity contribution in [3.8, 4) is 11.1 Å². The van der Waals surface area contributed by atoms with Crippen LogP contribution in [0.4, 0.5) is 17.1 Å². The molecule has 8 rings (SSSR count). The molecule has 40 heavy (non-hydrogen) atoms. The van der Waals surface area contributed by atoms with Crippen LogP contribution in [0.2, 0.25) is 0 Å². The van der Waals surface area contributed by atoms with Crippen molar-refractivity contribution < 1.29 is 0 Å². The fourth-order valence-corrected chi connectivity index (χ4v) is 7.21. The topological polar surface area (TPSA) is 3.24 Å². The molecule has 0 saturated carbocycles. The van der Waals surface area contributed by atoms with Gasteiger partial charge in [-0.2, -0.15) is 0 Å². The Labute approximate surface area is 237 Å². The van der Waals surface area contributed by atoms with Crippen molar-refractivity contribution in [2.75, 3.05) is 4.90 Å². The monoisotopic (exact) mass is 527 g/mol. The van der Waals surface area contributed by atoms with Gasteiger partial charge in [0.05, 0.1) is 5.69 Å². The highest BCUT2D eigenvalue weighted by Gasteiger charge is 2.19. The molecule has 0 bridgehead atoms. The van der Waals surface area contributed by atoms with Crippen LogP contribution in [0.1, 0.15) is 0 Å². The van der Waals surface area contributed by atoms with Gasteiger partial charge in [-0.3, -0.25) is 0 Å². The molecule has 0 spiro atoms. The van der Waals surface area contributed by atoms with Gasteiger partial charge in [0.25, 0.3) is 0 Å². The molecule has 0 fully saturated rings. The number of benzene rings is 7. The average molecular weight is 528 g/mol. The molecule has 1 heterocycles. The van der Waals surface area contributed by atoms with E-state index in [0.29, 0.717) is 0 Å². The molecule has 0 radical (unpaired) electrons. The molecule has 0 atom stereocenters. The second-order valence-electron chi connectivity index (χ2n) is 10.2. The fraction of sp³-hybridized carbons (Fsp3) is 0. The van der Waals surface area contributed by atoms with Crippen LogP contribution in [-0.2, 0) is 0 Å². The number of nitrogens with zero attached hydrogens (tertiary/aromatic N) is 1. The minimum Gasteiger partial charge on any atom is -0.310 e. The van der Waals surface area contributed by atoms with E-state index in [0.717, 1.165) is 11.4 Å². The Bertz CT molecular complexity index is 2150. The van der Waals surface area contributed by atoms with Crippen LogP contribution in [-0.4, -0.2) is 0 Å². The zero-order valence-electron chi connectivity index (χ0n) is 21.8. The highest BCUT2D eigenvalue weighted by atomic mass is 32.1. The van der Waals surface area contributed by atoms with Crippen molar-refractivity contribution in [2.45, 2.75) is 0 Å². The highest BCUT2D eigenvalue weighted by molar-refractivity contribution is 7.26. The molecule has 8 aromatic rings. The Morgan fingerprint density at radius 2 is 1.05 bits per heavy atom. The number of rotatable bonds is 4. The predicted molar refractivity (Wildman–Crippen MR) is 174 cm³/mol. The first-order valence-corrected chi connectivity index (χ1v) is 14.4. The molecular formula is C38H25NS. The third-order valence-corrected chi connectivity index (χ3v) is 9.06. The second kappa shape index (κ2) is 9.37. The van der Waals surface area contributed by atoms with E-state index in [4.69, 9.17) is 0 Å². The highest BCUT2D eigenvalue weighted by Crippen LogP contribution is 2.46. The molecule has 1 aromatic heterocycles. The van der Waals surface area contributed by atoms with Crippen LogP contribution in [0.15, 0.2) is 152 Å². The van der Waals surface area contributed by atoms with E-state index >= 15 is 0 Å². The van der Waals surface area contributed by atoms with Gasteiger partial charge in [-0.1, -0.05) is 115 Å². The second-order valence-corrected chi connectivity index (χ2v) is 11.2. The largest absolute Gasteiger partial charge is 0.310 e. The Balaban J connectivity index is 1.36. The summed E-state index contributed by atoms with van der Waals surface area (Å²) in [6, 6.07) is 54.9. The Morgan fingerprint density at radius 3 is 1.88 bits per heavy atom. The van der Waals surface area contributed by atoms with Gasteiger partial charge in [0.15, 0.2) is 0 Å². The first kappa shape index (κ1) is 23.0. The average Bonchev–Trinajstić information content (AvgIpc) is 3.41. The lowest BCUT2D eigenvalue weighted by molar-refractivity contribution is 1.30. The summed E-state index contributed by atoms with van der Waals surface area (Å²) in [4.78, 5) is 2.40. The lowest BCUT2D eigenvalue weighted by Gasteiger charge is -2.27. The normalized spacial score (nSPS) is 11.5. The molecule has 0 unspecified atom stereocenters. The smallest absolute Gasteiger partial charge is 0.0547 e. The quantitative estimate of drug-likeness (QED) is 0.220. The molecular weight excluding hydrogens is 502 g/mol. The maximum absolute atomic E-state index is 2.40. The van der Waals surface area contributed by atoms with Gasteiger partial charge in [-0.05, 0) is 58.3 Å². The standard InChI is InChI=1S/C38H25NS/c1-2-13-28(14-3-1)39(29-23-21-27(22-24-29)31-19-10-12-26-11-4-5-15-30(26)31)36-25-35-33-17-8-9-20-37(33)40-38(35)34-18-7-6-16-32(34)36/h1-25H. The van der Waals surface area contributed by atoms with Crippen LogP contribution < -0.4 is 4.90 Å². The maximum atomic E-state index is 2.40. The summed E-state index contributed by atoms with van der Waals surface area (Å²) in [5.41, 5.74) is 5.95. The van der Waals surface area contributed by atoms with E-state index in [1.165, 1.54) is 58.5 Å². The van der Waals surface area contributed by atoms with E-state index in [9.17, 15) is 0 Å². The van der Waals surface area contributed by atoms with Crippen LogP contribution in [0.25, 0.3) is 52.8 Å². The van der Waals surface area contributed by atoms with Gasteiger partial charge in [-0.25, -0.2) is 0 Å². The van der Waals surface area contributed by atoms with E-state index in [2.05, 4.69) is 157 Å². The van der Waals surface area contributed by atoms with Gasteiger partial charge in [0, 0.05) is 42.3 Å². The fourth-order valence-electron chi connectivity index (χ4n) is 5.98. The molecule has 0 aliphatic carbocycles. The predicted octanol–water partition coefficient (Wildman–Crippen LogP) is 11.5. The van der Waals surface area contributed by atoms with Crippen LogP contribution in [0, 0.1) is 0 Å². The summed E-state index contributed by atoms with van der Waals surface area (Å²) in [6.45, 7) is 0. The minimum atomic E-state index is 1.14. The van der Waals surface area contributed by atoms with Crippen LogP contribution >= 0.6 is 11.3 Å². The molecule has 0 N–H and O–H groups in total. The molecule has 188 valence electrons. The molecule has 0 aliphatic rings. The Kier molecular flexibility index (Phi) is 5.39. The number of anilines is 3. The first-order chi connectivity index (χ1) is 19.8. The van der Waals surface area contributed by atoms with Crippen molar-refractivity contribution in [2.24, 2.45) is 0 Å². The number of hydrogen-bond donors (Lipinski definition) is 0. The molecule has 0 aliphatic heterocycles. The number of thiophene rings is 1. The van der Waals surface area contributed by atoms with Crippen molar-refractivity contribution in [3.05, 3.63) is 152 Å². The van der Waals surface area contributed by atoms with E-state index in [1.807, 2.05) is 11.3 Å². The van der Waals surface area contributed by atoms with Crippen molar-refractivity contribution in [3.63, 3.8) is 0 Å². The van der Waals surface area contributed by atoms with Crippen LogP contribution in [0.5, 0.6) is 0 Å². The zero-order chi connectivity index (χ0) is 26.5. The lowest BCUT2D eigenvalue weighted by Crippen LogP contribution is -2.10. The summed E-state index contributed by atoms with van der Waals surface area (Å²) in [7, 11) is 0. The molecule has 0 amide bonds. The molecule has 0 saturated heterocycles. The number of fused-ring (bicyclic) bond motifs is 6. The summed E-state index contributed by atoms with van der Waals surface area (Å²) in [5, 5.41) is 7.71. The van der Waals surface area contributed by atoms with Crippen LogP contribution in [0.3, 0.4) is 0 Å². The van der Waals surface area contributed by atoms with Gasteiger partial charge in [-0.15, -0.1) is 11.3 Å². The summed E-state index contributed by atoms with van der Waals surface area (Å²) < 4.78 is 2.67. The molecule has 1 nitrogen and oxygen atoms in total. The van der Waals surface area contributed by atoms with E-state index in [1.54, 1.807) is 0 Å². The minimum absolute atomic E-state index is 1.14. The summed E-state index contributed by atoms with van der Waals surface area (Å²) in [5.74, 6) is 0. The first-order valence-electron chi connectivity index (χ1n) is 13.6. The number of hydrogen-bond acceptors (Lipinski definition) is 2. The van der Waals surface area contributed by atoms with E-state index in [-0.39, 0.29) is 0 Å². The summed E-state index contributed by atoms with van der Waals surface area (Å²) in [6.07, 6.45) is 0. The molecule has 2 heteroatoms. The third-order valence-electron chi connectivity index (χ3n) is 7.84. The van der Waals surface area contributed by atoms with Gasteiger partial charge < -0.3 is 4.90 Å². The van der Waals surface area contributed by atoms with Gasteiger partial charge in [0.2, 0.25) is 0 Å². The Morgan fingerprint density at radius 1 is 0.425 bits per heavy atom. The SMILES string of the molecule is c1ccc(N(c2ccc(-c3cccc4ccccc34)cc2)c2cc3c4ccccc4sc3c3ccccc23)cc1. The van der Waals surface area contributed by atoms with Crippen molar-refractivity contribution in [1.29, 1.82) is 0 Å². The van der Waals surface area contributed by atoms with Gasteiger partial charge in [0.1, 0.15) is 0 Å². The Hall–Kier alpha value is -4.92. The van der Waals surface area contributed by atoms with Crippen molar-refractivity contribution in [1.82, 2.24) is 0 Å².